The summed E-state index contributed by atoms with van der Waals surface area (Å²) in [5, 5.41) is 5.16. The fraction of sp³-hybridized carbons (Fsp3) is 0.269. The Hall–Kier alpha value is -3.31. The normalized spacial score (nSPS) is 11.5. The Morgan fingerprint density at radius 3 is 2.32 bits per heavy atom. The molecule has 0 bridgehead atoms. The highest BCUT2D eigenvalue weighted by Gasteiger charge is 2.12. The van der Waals surface area contributed by atoms with E-state index in [0.717, 1.165) is 17.7 Å². The van der Waals surface area contributed by atoms with Crippen LogP contribution in [0.15, 0.2) is 78.9 Å². The molecule has 3 aromatic rings. The van der Waals surface area contributed by atoms with Crippen molar-refractivity contribution < 1.29 is 19.6 Å². The monoisotopic (exact) mass is 419 g/mol. The van der Waals surface area contributed by atoms with Crippen LogP contribution < -0.4 is 20.1 Å². The first-order chi connectivity index (χ1) is 15.2. The van der Waals surface area contributed by atoms with Gasteiger partial charge in [0.15, 0.2) is 18.1 Å². The van der Waals surface area contributed by atoms with Gasteiger partial charge in [0.05, 0.1) is 6.61 Å². The molecule has 0 saturated heterocycles. The quantitative estimate of drug-likeness (QED) is 0.499. The molecule has 5 nitrogen and oxygen atoms in total. The summed E-state index contributed by atoms with van der Waals surface area (Å²) in [6.07, 6.45) is 0. The summed E-state index contributed by atoms with van der Waals surface area (Å²) in [7, 11) is 0. The van der Waals surface area contributed by atoms with Crippen molar-refractivity contribution in [2.24, 2.45) is 0 Å². The van der Waals surface area contributed by atoms with Gasteiger partial charge >= 0.3 is 0 Å². The van der Waals surface area contributed by atoms with Gasteiger partial charge in [-0.25, -0.2) is 0 Å². The maximum Gasteiger partial charge on any atom is 0.258 e. The zero-order valence-electron chi connectivity index (χ0n) is 18.2. The molecule has 31 heavy (non-hydrogen) atoms. The molecule has 0 heterocycles. The minimum Gasteiger partial charge on any atom is -0.490 e. The van der Waals surface area contributed by atoms with E-state index in [4.69, 9.17) is 9.47 Å². The molecule has 0 aliphatic rings. The fourth-order valence-corrected chi connectivity index (χ4v) is 3.26. The molecule has 0 spiro atoms. The molecule has 0 fully saturated rings. The lowest BCUT2D eigenvalue weighted by Gasteiger charge is -2.15. The largest absolute Gasteiger partial charge is 0.490 e. The van der Waals surface area contributed by atoms with Crippen LogP contribution in [0.2, 0.25) is 0 Å². The first-order valence-electron chi connectivity index (χ1n) is 10.7. The molecule has 3 rings (SSSR count). The Morgan fingerprint density at radius 2 is 1.61 bits per heavy atom. The second-order valence-corrected chi connectivity index (χ2v) is 7.40. The van der Waals surface area contributed by atoms with Crippen molar-refractivity contribution in [3.05, 3.63) is 95.6 Å². The number of nitrogens with two attached hydrogens (primary N) is 1. The van der Waals surface area contributed by atoms with Gasteiger partial charge < -0.3 is 20.1 Å². The summed E-state index contributed by atoms with van der Waals surface area (Å²) in [5.41, 5.74) is 3.50. The van der Waals surface area contributed by atoms with E-state index in [2.05, 4.69) is 41.8 Å². The lowest BCUT2D eigenvalue weighted by molar-refractivity contribution is -0.707. The topological polar surface area (TPSA) is 64.2 Å². The molecule has 3 N–H and O–H groups in total. The average molecular weight is 420 g/mol. The second-order valence-electron chi connectivity index (χ2n) is 7.40. The SMILES string of the molecule is CCOc1cc(C[NH2+][C@@H](C)c2ccccc2)ccc1OCC(=O)NCc1ccccc1. The minimum absolute atomic E-state index is 0.0522. The van der Waals surface area contributed by atoms with Crippen molar-refractivity contribution in [2.75, 3.05) is 13.2 Å². The Labute approximate surface area is 184 Å². The highest BCUT2D eigenvalue weighted by Crippen LogP contribution is 2.28. The van der Waals surface area contributed by atoms with Gasteiger partial charge in [0.2, 0.25) is 0 Å². The summed E-state index contributed by atoms with van der Waals surface area (Å²) in [6, 6.07) is 26.5. The minimum atomic E-state index is -0.166. The van der Waals surface area contributed by atoms with Gasteiger partial charge in [0.1, 0.15) is 12.6 Å². The van der Waals surface area contributed by atoms with Crippen LogP contribution in [0, 0.1) is 0 Å². The highest BCUT2D eigenvalue weighted by atomic mass is 16.5. The second kappa shape index (κ2) is 11.8. The predicted molar refractivity (Wildman–Crippen MR) is 122 cm³/mol. The Morgan fingerprint density at radius 1 is 0.903 bits per heavy atom. The number of rotatable bonds is 11. The smallest absolute Gasteiger partial charge is 0.258 e. The molecule has 1 amide bonds. The average Bonchev–Trinajstić information content (AvgIpc) is 2.82. The Balaban J connectivity index is 1.53. The maximum absolute atomic E-state index is 12.2. The van der Waals surface area contributed by atoms with E-state index < -0.39 is 0 Å². The molecule has 0 unspecified atom stereocenters. The first-order valence-corrected chi connectivity index (χ1v) is 10.7. The van der Waals surface area contributed by atoms with E-state index in [9.17, 15) is 4.79 Å². The number of amides is 1. The van der Waals surface area contributed by atoms with Crippen LogP contribution in [0.5, 0.6) is 11.5 Å². The number of carbonyl (C=O) groups excluding carboxylic acids is 1. The van der Waals surface area contributed by atoms with Crippen LogP contribution in [0.25, 0.3) is 0 Å². The number of benzene rings is 3. The summed E-state index contributed by atoms with van der Waals surface area (Å²) < 4.78 is 11.5. The van der Waals surface area contributed by atoms with Crippen molar-refractivity contribution in [1.82, 2.24) is 5.32 Å². The van der Waals surface area contributed by atoms with Crippen LogP contribution in [0.4, 0.5) is 0 Å². The lowest BCUT2D eigenvalue weighted by Crippen LogP contribution is -2.83. The highest BCUT2D eigenvalue weighted by molar-refractivity contribution is 5.77. The maximum atomic E-state index is 12.2. The van der Waals surface area contributed by atoms with Crippen molar-refractivity contribution >= 4 is 5.91 Å². The number of hydrogen-bond donors (Lipinski definition) is 2. The van der Waals surface area contributed by atoms with Crippen molar-refractivity contribution in [1.29, 1.82) is 0 Å². The molecule has 1 atom stereocenters. The van der Waals surface area contributed by atoms with Gasteiger partial charge in [0.25, 0.3) is 5.91 Å². The molecule has 0 aromatic heterocycles. The molecular weight excluding hydrogens is 388 g/mol. The van der Waals surface area contributed by atoms with E-state index in [1.54, 1.807) is 0 Å². The molecular formula is C26H31N2O3+. The molecule has 0 saturated carbocycles. The van der Waals surface area contributed by atoms with Crippen molar-refractivity contribution in [3.63, 3.8) is 0 Å². The van der Waals surface area contributed by atoms with Gasteiger partial charge in [-0.2, -0.15) is 0 Å². The van der Waals surface area contributed by atoms with Crippen LogP contribution in [-0.2, 0) is 17.9 Å². The summed E-state index contributed by atoms with van der Waals surface area (Å²) in [6.45, 7) is 5.92. The Bertz CT molecular complexity index is 945. The summed E-state index contributed by atoms with van der Waals surface area (Å²) in [4.78, 5) is 12.2. The van der Waals surface area contributed by atoms with Crippen LogP contribution in [0.3, 0.4) is 0 Å². The standard InChI is InChI=1S/C26H30N2O3/c1-3-30-25-16-22(18-27-20(2)23-12-8-5-9-13-23)14-15-24(25)31-19-26(29)28-17-21-10-6-4-7-11-21/h4-16,20,27H,3,17-19H2,1-2H3,(H,28,29)/p+1/t20-/m0/s1. The number of carbonyl (C=O) groups is 1. The van der Waals surface area contributed by atoms with E-state index in [-0.39, 0.29) is 12.5 Å². The number of ether oxygens (including phenoxy) is 2. The van der Waals surface area contributed by atoms with Gasteiger partial charge in [-0.15, -0.1) is 0 Å². The lowest BCUT2D eigenvalue weighted by atomic mass is 10.1. The van der Waals surface area contributed by atoms with E-state index in [1.807, 2.05) is 61.5 Å². The summed E-state index contributed by atoms with van der Waals surface area (Å²) in [5.74, 6) is 1.08. The van der Waals surface area contributed by atoms with Gasteiger partial charge in [-0.1, -0.05) is 60.7 Å². The van der Waals surface area contributed by atoms with Crippen LogP contribution in [0.1, 0.15) is 36.6 Å². The van der Waals surface area contributed by atoms with E-state index in [1.165, 1.54) is 5.56 Å². The third-order valence-corrected chi connectivity index (χ3v) is 5.03. The number of hydrogen-bond acceptors (Lipinski definition) is 3. The predicted octanol–water partition coefficient (Wildman–Crippen LogP) is 3.61. The van der Waals surface area contributed by atoms with Gasteiger partial charge in [-0.3, -0.25) is 4.79 Å². The first kappa shape index (κ1) is 22.4. The summed E-state index contributed by atoms with van der Waals surface area (Å²) >= 11 is 0. The zero-order valence-corrected chi connectivity index (χ0v) is 18.2. The Kier molecular flexibility index (Phi) is 8.49. The zero-order chi connectivity index (χ0) is 21.9. The van der Waals surface area contributed by atoms with E-state index in [0.29, 0.717) is 30.7 Å². The number of quaternary nitrogens is 1. The van der Waals surface area contributed by atoms with Gasteiger partial charge in [0, 0.05) is 17.7 Å². The van der Waals surface area contributed by atoms with Gasteiger partial charge in [-0.05, 0) is 37.6 Å². The third-order valence-electron chi connectivity index (χ3n) is 5.03. The van der Waals surface area contributed by atoms with Crippen molar-refractivity contribution in [2.45, 2.75) is 33.0 Å². The molecule has 0 aliphatic carbocycles. The van der Waals surface area contributed by atoms with Crippen molar-refractivity contribution in [3.8, 4) is 11.5 Å². The molecule has 162 valence electrons. The fourth-order valence-electron chi connectivity index (χ4n) is 3.26. The molecule has 0 radical (unpaired) electrons. The molecule has 0 aliphatic heterocycles. The van der Waals surface area contributed by atoms with Crippen LogP contribution >= 0.6 is 0 Å². The third kappa shape index (κ3) is 7.15. The van der Waals surface area contributed by atoms with Crippen LogP contribution in [-0.4, -0.2) is 19.1 Å². The molecule has 5 heteroatoms. The number of nitrogens with one attached hydrogen (secondary N) is 1. The molecule has 3 aromatic carbocycles. The van der Waals surface area contributed by atoms with E-state index >= 15 is 0 Å².